The van der Waals surface area contributed by atoms with Crippen LogP contribution in [0.2, 0.25) is 0 Å². The van der Waals surface area contributed by atoms with Gasteiger partial charge in [-0.15, -0.1) is 0 Å². The lowest BCUT2D eigenvalue weighted by atomic mass is 9.85. The number of rotatable bonds is 3. The van der Waals surface area contributed by atoms with E-state index in [2.05, 4.69) is 186 Å². The second-order valence-corrected chi connectivity index (χ2v) is 13.5. The SMILES string of the molecule is c1ccc2cc(-c3ccc(-c4c5ccccc5c(-c5ccc6c(c5)c5ccccc5c5nc7ccccc7n65)c5ccccc45)cc3)ccc2c1. The zero-order valence-electron chi connectivity index (χ0n) is 27.7. The molecule has 2 heteroatoms. The number of hydrogen-bond donors (Lipinski definition) is 0. The molecular formula is C49H30N2. The fraction of sp³-hybridized carbons (Fsp3) is 0. The first-order valence-electron chi connectivity index (χ1n) is 17.6. The van der Waals surface area contributed by atoms with Crippen LogP contribution in [-0.2, 0) is 0 Å². The molecule has 0 fully saturated rings. The average Bonchev–Trinajstić information content (AvgIpc) is 3.60. The molecule has 11 rings (SSSR count). The van der Waals surface area contributed by atoms with Crippen LogP contribution in [0.5, 0.6) is 0 Å². The Morgan fingerprint density at radius 2 is 0.843 bits per heavy atom. The number of aromatic nitrogens is 2. The molecule has 0 spiro atoms. The molecule has 0 aliphatic rings. The molecule has 2 aromatic heterocycles. The summed E-state index contributed by atoms with van der Waals surface area (Å²) in [6.07, 6.45) is 0. The first-order chi connectivity index (χ1) is 25.3. The van der Waals surface area contributed by atoms with Crippen molar-refractivity contribution in [1.82, 2.24) is 9.38 Å². The van der Waals surface area contributed by atoms with E-state index in [-0.39, 0.29) is 0 Å². The molecule has 2 heterocycles. The predicted molar refractivity (Wildman–Crippen MR) is 217 cm³/mol. The lowest BCUT2D eigenvalue weighted by Gasteiger charge is -2.19. The van der Waals surface area contributed by atoms with Crippen LogP contribution in [0.3, 0.4) is 0 Å². The Kier molecular flexibility index (Phi) is 5.99. The highest BCUT2D eigenvalue weighted by atomic mass is 15.0. The summed E-state index contributed by atoms with van der Waals surface area (Å²) in [4.78, 5) is 5.09. The summed E-state index contributed by atoms with van der Waals surface area (Å²) >= 11 is 0. The van der Waals surface area contributed by atoms with Gasteiger partial charge in [-0.25, -0.2) is 4.98 Å². The standard InChI is InChI=1S/C49H30N2/c1-2-12-34-29-35(26-23-31(34)11-1)32-21-24-33(25-22-32)47-38-14-4-6-16-40(38)48(41-17-7-5-15-39(41)47)36-27-28-45-43(30-36)37-13-3-8-18-42(37)49-50-44-19-9-10-20-46(44)51(45)49/h1-30H. The Hall–Kier alpha value is -6.77. The third kappa shape index (κ3) is 4.20. The normalized spacial score (nSPS) is 11.9. The van der Waals surface area contributed by atoms with Crippen molar-refractivity contribution in [3.05, 3.63) is 182 Å². The topological polar surface area (TPSA) is 17.3 Å². The van der Waals surface area contributed by atoms with Gasteiger partial charge in [0.1, 0.15) is 5.65 Å². The number of para-hydroxylation sites is 2. The third-order valence-electron chi connectivity index (χ3n) is 10.7. The fourth-order valence-corrected chi connectivity index (χ4v) is 8.41. The van der Waals surface area contributed by atoms with Crippen molar-refractivity contribution in [2.24, 2.45) is 0 Å². The Morgan fingerprint density at radius 1 is 0.314 bits per heavy atom. The van der Waals surface area contributed by atoms with Gasteiger partial charge in [-0.05, 0) is 101 Å². The number of pyridine rings is 1. The molecule has 0 bridgehead atoms. The van der Waals surface area contributed by atoms with Crippen molar-refractivity contribution in [2.75, 3.05) is 0 Å². The van der Waals surface area contributed by atoms with Crippen LogP contribution in [0.15, 0.2) is 182 Å². The summed E-state index contributed by atoms with van der Waals surface area (Å²) in [7, 11) is 0. The molecule has 0 N–H and O–H groups in total. The summed E-state index contributed by atoms with van der Waals surface area (Å²) in [6.45, 7) is 0. The Balaban J connectivity index is 1.14. The van der Waals surface area contributed by atoms with Crippen molar-refractivity contribution in [2.45, 2.75) is 0 Å². The monoisotopic (exact) mass is 646 g/mol. The van der Waals surface area contributed by atoms with E-state index in [1.54, 1.807) is 0 Å². The van der Waals surface area contributed by atoms with Crippen molar-refractivity contribution >= 4 is 70.7 Å². The van der Waals surface area contributed by atoms with Gasteiger partial charge in [-0.2, -0.15) is 0 Å². The van der Waals surface area contributed by atoms with Gasteiger partial charge in [-0.3, -0.25) is 4.40 Å². The number of benzene rings is 9. The number of hydrogen-bond acceptors (Lipinski definition) is 1. The van der Waals surface area contributed by atoms with Gasteiger partial charge in [0.05, 0.1) is 16.6 Å². The quantitative estimate of drug-likeness (QED) is 0.138. The molecule has 236 valence electrons. The van der Waals surface area contributed by atoms with Gasteiger partial charge in [-0.1, -0.05) is 152 Å². The minimum absolute atomic E-state index is 0.999. The molecule has 11 aromatic rings. The first-order valence-corrected chi connectivity index (χ1v) is 17.6. The largest absolute Gasteiger partial charge is 0.292 e. The number of imidazole rings is 1. The van der Waals surface area contributed by atoms with Crippen LogP contribution in [0, 0.1) is 0 Å². The van der Waals surface area contributed by atoms with Gasteiger partial charge < -0.3 is 0 Å². The number of fused-ring (bicyclic) bond motifs is 11. The molecule has 0 radical (unpaired) electrons. The van der Waals surface area contributed by atoms with Crippen molar-refractivity contribution in [3.63, 3.8) is 0 Å². The summed E-state index contributed by atoms with van der Waals surface area (Å²) in [5.41, 5.74) is 11.7. The van der Waals surface area contributed by atoms with Crippen LogP contribution in [0.25, 0.3) is 104 Å². The van der Waals surface area contributed by atoms with Crippen LogP contribution < -0.4 is 0 Å². The van der Waals surface area contributed by atoms with Gasteiger partial charge in [0.25, 0.3) is 0 Å². The molecule has 0 aliphatic heterocycles. The van der Waals surface area contributed by atoms with Crippen molar-refractivity contribution in [1.29, 1.82) is 0 Å². The smallest absolute Gasteiger partial charge is 0.146 e. The van der Waals surface area contributed by atoms with Crippen molar-refractivity contribution in [3.8, 4) is 33.4 Å². The molecule has 0 aliphatic carbocycles. The van der Waals surface area contributed by atoms with Crippen LogP contribution >= 0.6 is 0 Å². The summed E-state index contributed by atoms with van der Waals surface area (Å²) in [6, 6.07) is 66.4. The van der Waals surface area contributed by atoms with E-state index >= 15 is 0 Å². The van der Waals surface area contributed by atoms with E-state index < -0.39 is 0 Å². The number of nitrogens with zero attached hydrogens (tertiary/aromatic N) is 2. The molecule has 2 nitrogen and oxygen atoms in total. The highest BCUT2D eigenvalue weighted by Crippen LogP contribution is 2.45. The second kappa shape index (κ2) is 10.9. The summed E-state index contributed by atoms with van der Waals surface area (Å²) in [5, 5.41) is 11.1. The molecule has 0 saturated carbocycles. The lowest BCUT2D eigenvalue weighted by Crippen LogP contribution is -1.94. The fourth-order valence-electron chi connectivity index (χ4n) is 8.41. The maximum atomic E-state index is 5.09. The highest BCUT2D eigenvalue weighted by molar-refractivity contribution is 6.22. The maximum absolute atomic E-state index is 5.09. The van der Waals surface area contributed by atoms with E-state index in [9.17, 15) is 0 Å². The Morgan fingerprint density at radius 3 is 1.57 bits per heavy atom. The third-order valence-corrected chi connectivity index (χ3v) is 10.7. The molecule has 51 heavy (non-hydrogen) atoms. The molecule has 0 saturated heterocycles. The molecular weight excluding hydrogens is 617 g/mol. The second-order valence-electron chi connectivity index (χ2n) is 13.5. The Labute approximate surface area is 294 Å². The molecule has 0 atom stereocenters. The molecule has 0 amide bonds. The first kappa shape index (κ1) is 28.1. The Bertz CT molecular complexity index is 3130. The minimum Gasteiger partial charge on any atom is -0.292 e. The minimum atomic E-state index is 0.999. The van der Waals surface area contributed by atoms with E-state index in [1.807, 2.05) is 0 Å². The van der Waals surface area contributed by atoms with Gasteiger partial charge >= 0.3 is 0 Å². The predicted octanol–water partition coefficient (Wildman–Crippen LogP) is 13.3. The van der Waals surface area contributed by atoms with Crippen LogP contribution in [0.4, 0.5) is 0 Å². The molecule has 9 aromatic carbocycles. The average molecular weight is 647 g/mol. The lowest BCUT2D eigenvalue weighted by molar-refractivity contribution is 1.31. The van der Waals surface area contributed by atoms with Gasteiger partial charge in [0.2, 0.25) is 0 Å². The summed E-state index contributed by atoms with van der Waals surface area (Å²) in [5.74, 6) is 0. The van der Waals surface area contributed by atoms with Gasteiger partial charge in [0.15, 0.2) is 0 Å². The zero-order valence-corrected chi connectivity index (χ0v) is 27.7. The van der Waals surface area contributed by atoms with Crippen LogP contribution in [-0.4, -0.2) is 9.38 Å². The van der Waals surface area contributed by atoms with E-state index in [1.165, 1.54) is 76.5 Å². The van der Waals surface area contributed by atoms with E-state index in [4.69, 9.17) is 4.98 Å². The summed E-state index contributed by atoms with van der Waals surface area (Å²) < 4.78 is 2.33. The zero-order chi connectivity index (χ0) is 33.5. The van der Waals surface area contributed by atoms with E-state index in [0.29, 0.717) is 0 Å². The molecule has 0 unspecified atom stereocenters. The highest BCUT2D eigenvalue weighted by Gasteiger charge is 2.19. The van der Waals surface area contributed by atoms with Crippen molar-refractivity contribution < 1.29 is 0 Å². The van der Waals surface area contributed by atoms with E-state index in [0.717, 1.165) is 27.6 Å². The van der Waals surface area contributed by atoms with Crippen LogP contribution in [0.1, 0.15) is 0 Å². The maximum Gasteiger partial charge on any atom is 0.146 e. The van der Waals surface area contributed by atoms with Gasteiger partial charge in [0, 0.05) is 10.8 Å².